The van der Waals surface area contributed by atoms with E-state index in [0.29, 0.717) is 26.2 Å². The Morgan fingerprint density at radius 3 is 2.11 bits per heavy atom. The van der Waals surface area contributed by atoms with E-state index >= 15 is 8.78 Å². The van der Waals surface area contributed by atoms with Crippen LogP contribution in [0, 0.1) is 11.3 Å². The summed E-state index contributed by atoms with van der Waals surface area (Å²) < 4.78 is 59.7. The SMILES string of the molecule is CCN1CCC(N2CCC3(CCN(C(=O)C(C)C)CC3)C(F)(F)C2)C(F)(F)C1. The summed E-state index contributed by atoms with van der Waals surface area (Å²) in [4.78, 5) is 16.8. The van der Waals surface area contributed by atoms with Crippen LogP contribution in [-0.4, -0.2) is 84.3 Å². The predicted molar refractivity (Wildman–Crippen MR) is 99.7 cm³/mol. The highest BCUT2D eigenvalue weighted by Gasteiger charge is 2.60. The summed E-state index contributed by atoms with van der Waals surface area (Å²) in [6.45, 7) is 6.52. The number of halogens is 4. The van der Waals surface area contributed by atoms with Crippen molar-refractivity contribution in [3.8, 4) is 0 Å². The molecule has 4 nitrogen and oxygen atoms in total. The Balaban J connectivity index is 1.66. The van der Waals surface area contributed by atoms with Gasteiger partial charge in [0, 0.05) is 31.0 Å². The van der Waals surface area contributed by atoms with Gasteiger partial charge < -0.3 is 4.90 Å². The van der Waals surface area contributed by atoms with Crippen molar-refractivity contribution in [2.75, 3.05) is 45.8 Å². The van der Waals surface area contributed by atoms with E-state index in [2.05, 4.69) is 0 Å². The van der Waals surface area contributed by atoms with Crippen molar-refractivity contribution in [3.63, 3.8) is 0 Å². The lowest BCUT2D eigenvalue weighted by Crippen LogP contribution is -2.66. The van der Waals surface area contributed by atoms with E-state index in [0.717, 1.165) is 0 Å². The third-order valence-electron chi connectivity index (χ3n) is 7.11. The van der Waals surface area contributed by atoms with Crippen LogP contribution in [0.3, 0.4) is 0 Å². The molecule has 1 spiro atoms. The van der Waals surface area contributed by atoms with Crippen molar-refractivity contribution >= 4 is 5.91 Å². The van der Waals surface area contributed by atoms with Gasteiger partial charge in [0.05, 0.1) is 19.1 Å². The third-order valence-corrected chi connectivity index (χ3v) is 7.11. The summed E-state index contributed by atoms with van der Waals surface area (Å²) in [5.41, 5.74) is -1.17. The van der Waals surface area contributed by atoms with Gasteiger partial charge in [-0.15, -0.1) is 0 Å². The van der Waals surface area contributed by atoms with E-state index in [1.165, 1.54) is 4.90 Å². The molecule has 1 unspecified atom stereocenters. The standard InChI is InChI=1S/C20H33F4N3O/c1-4-25-9-5-16(19(21,22)13-25)27-12-8-18(20(23,24)14-27)6-10-26(11-7-18)17(28)15(2)3/h15-16H,4-14H2,1-3H3. The molecule has 0 aliphatic carbocycles. The van der Waals surface area contributed by atoms with E-state index in [9.17, 15) is 13.6 Å². The van der Waals surface area contributed by atoms with Crippen LogP contribution in [0.25, 0.3) is 0 Å². The summed E-state index contributed by atoms with van der Waals surface area (Å²) in [6.07, 6.45) is 0.933. The fourth-order valence-electron chi connectivity index (χ4n) is 5.16. The minimum Gasteiger partial charge on any atom is -0.342 e. The van der Waals surface area contributed by atoms with Gasteiger partial charge in [-0.1, -0.05) is 20.8 Å². The van der Waals surface area contributed by atoms with Gasteiger partial charge >= 0.3 is 0 Å². The molecule has 3 aliphatic heterocycles. The van der Waals surface area contributed by atoms with E-state index in [4.69, 9.17) is 0 Å². The Kier molecular flexibility index (Phi) is 6.03. The van der Waals surface area contributed by atoms with Crippen molar-refractivity contribution in [2.45, 2.75) is 64.3 Å². The lowest BCUT2D eigenvalue weighted by molar-refractivity contribution is -0.215. The molecule has 0 bridgehead atoms. The highest BCUT2D eigenvalue weighted by Crippen LogP contribution is 2.52. The zero-order valence-corrected chi connectivity index (χ0v) is 17.2. The second-order valence-corrected chi connectivity index (χ2v) is 9.12. The molecule has 0 aromatic heterocycles. The first-order valence-corrected chi connectivity index (χ1v) is 10.5. The monoisotopic (exact) mass is 407 g/mol. The molecule has 8 heteroatoms. The van der Waals surface area contributed by atoms with Crippen molar-refractivity contribution in [1.29, 1.82) is 0 Å². The summed E-state index contributed by atoms with van der Waals surface area (Å²) >= 11 is 0. The zero-order chi connectivity index (χ0) is 20.7. The van der Waals surface area contributed by atoms with Gasteiger partial charge in [-0.3, -0.25) is 14.6 Å². The fourth-order valence-corrected chi connectivity index (χ4v) is 5.16. The van der Waals surface area contributed by atoms with E-state index in [-0.39, 0.29) is 50.6 Å². The molecule has 3 rings (SSSR count). The van der Waals surface area contributed by atoms with Crippen LogP contribution in [0.1, 0.15) is 46.5 Å². The van der Waals surface area contributed by atoms with Crippen molar-refractivity contribution in [3.05, 3.63) is 0 Å². The lowest BCUT2D eigenvalue weighted by Gasteiger charge is -2.54. The maximum absolute atomic E-state index is 15.2. The molecule has 0 saturated carbocycles. The molecule has 1 amide bonds. The molecule has 3 aliphatic rings. The topological polar surface area (TPSA) is 26.8 Å². The first-order valence-electron chi connectivity index (χ1n) is 10.5. The number of amides is 1. The maximum Gasteiger partial charge on any atom is 0.275 e. The average molecular weight is 407 g/mol. The van der Waals surface area contributed by atoms with Gasteiger partial charge in [0.15, 0.2) is 0 Å². The normalized spacial score (nSPS) is 30.7. The van der Waals surface area contributed by atoms with Gasteiger partial charge in [0.25, 0.3) is 11.8 Å². The Bertz CT molecular complexity index is 576. The Morgan fingerprint density at radius 1 is 1.00 bits per heavy atom. The highest BCUT2D eigenvalue weighted by atomic mass is 19.3. The van der Waals surface area contributed by atoms with Crippen molar-refractivity contribution in [2.24, 2.45) is 11.3 Å². The first-order chi connectivity index (χ1) is 13.0. The van der Waals surface area contributed by atoms with Crippen LogP contribution in [0.4, 0.5) is 17.6 Å². The summed E-state index contributed by atoms with van der Waals surface area (Å²) in [7, 11) is 0. The Morgan fingerprint density at radius 2 is 1.61 bits per heavy atom. The number of rotatable bonds is 3. The predicted octanol–water partition coefficient (Wildman–Crippen LogP) is 3.32. The van der Waals surface area contributed by atoms with Gasteiger partial charge in [0.2, 0.25) is 5.91 Å². The number of piperidine rings is 3. The van der Waals surface area contributed by atoms with E-state index in [1.807, 2.05) is 20.8 Å². The van der Waals surface area contributed by atoms with Crippen LogP contribution in [0.5, 0.6) is 0 Å². The molecule has 0 aromatic carbocycles. The summed E-state index contributed by atoms with van der Waals surface area (Å²) in [5.74, 6) is -6.14. The summed E-state index contributed by atoms with van der Waals surface area (Å²) in [5, 5.41) is 0. The van der Waals surface area contributed by atoms with Crippen LogP contribution < -0.4 is 0 Å². The third kappa shape index (κ3) is 3.91. The molecular formula is C20H33F4N3O. The zero-order valence-electron chi connectivity index (χ0n) is 17.2. The Hall–Kier alpha value is -0.890. The molecule has 0 aromatic rings. The maximum atomic E-state index is 15.2. The molecule has 28 heavy (non-hydrogen) atoms. The number of hydrogen-bond acceptors (Lipinski definition) is 3. The van der Waals surface area contributed by atoms with Crippen LogP contribution >= 0.6 is 0 Å². The van der Waals surface area contributed by atoms with Crippen molar-refractivity contribution < 1.29 is 22.4 Å². The molecule has 3 heterocycles. The second-order valence-electron chi connectivity index (χ2n) is 9.12. The van der Waals surface area contributed by atoms with Crippen LogP contribution in [-0.2, 0) is 4.79 Å². The number of carbonyl (C=O) groups excluding carboxylic acids is 1. The molecular weight excluding hydrogens is 374 g/mol. The molecule has 3 fully saturated rings. The number of alkyl halides is 4. The molecule has 1 atom stereocenters. The first kappa shape index (κ1) is 21.8. The number of hydrogen-bond donors (Lipinski definition) is 0. The van der Waals surface area contributed by atoms with E-state index in [1.54, 1.807) is 9.80 Å². The van der Waals surface area contributed by atoms with Gasteiger partial charge in [0.1, 0.15) is 0 Å². The molecule has 3 saturated heterocycles. The number of nitrogens with zero attached hydrogens (tertiary/aromatic N) is 3. The van der Waals surface area contributed by atoms with Gasteiger partial charge in [-0.25, -0.2) is 17.6 Å². The van der Waals surface area contributed by atoms with E-state index < -0.39 is 29.8 Å². The van der Waals surface area contributed by atoms with Crippen LogP contribution in [0.2, 0.25) is 0 Å². The van der Waals surface area contributed by atoms with Crippen LogP contribution in [0.15, 0.2) is 0 Å². The largest absolute Gasteiger partial charge is 0.342 e. The smallest absolute Gasteiger partial charge is 0.275 e. The second kappa shape index (κ2) is 7.74. The lowest BCUT2D eigenvalue weighted by atomic mass is 9.68. The van der Waals surface area contributed by atoms with Gasteiger partial charge in [-0.2, -0.15) is 0 Å². The molecule has 0 radical (unpaired) electrons. The number of carbonyl (C=O) groups is 1. The summed E-state index contributed by atoms with van der Waals surface area (Å²) in [6, 6.07) is -1.11. The molecule has 0 N–H and O–H groups in total. The fraction of sp³-hybridized carbons (Fsp3) is 0.950. The minimum atomic E-state index is -3.02. The molecule has 162 valence electrons. The van der Waals surface area contributed by atoms with Gasteiger partial charge in [-0.05, 0) is 38.8 Å². The quantitative estimate of drug-likeness (QED) is 0.672. The minimum absolute atomic E-state index is 0.00192. The average Bonchev–Trinajstić information content (AvgIpc) is 2.63. The Labute approximate surface area is 165 Å². The highest BCUT2D eigenvalue weighted by molar-refractivity contribution is 5.78. The number of likely N-dealkylation sites (tertiary alicyclic amines) is 3. The van der Waals surface area contributed by atoms with Crippen molar-refractivity contribution in [1.82, 2.24) is 14.7 Å².